The summed E-state index contributed by atoms with van der Waals surface area (Å²) in [6, 6.07) is 0. The lowest BCUT2D eigenvalue weighted by Crippen LogP contribution is -2.33. The molecule has 1 fully saturated rings. The predicted molar refractivity (Wildman–Crippen MR) is 53.5 cm³/mol. The molecule has 13 heavy (non-hydrogen) atoms. The Morgan fingerprint density at radius 2 is 1.92 bits per heavy atom. The van der Waals surface area contributed by atoms with Crippen molar-refractivity contribution >= 4 is 0 Å². The fraction of sp³-hybridized carbons (Fsp3) is 1.00. The van der Waals surface area contributed by atoms with Crippen molar-refractivity contribution in [3.63, 3.8) is 0 Å². The van der Waals surface area contributed by atoms with Crippen molar-refractivity contribution in [3.8, 4) is 0 Å². The molecule has 1 saturated carbocycles. The molecule has 1 aliphatic rings. The van der Waals surface area contributed by atoms with Gasteiger partial charge in [0, 0.05) is 0 Å². The Labute approximate surface area is 81.0 Å². The van der Waals surface area contributed by atoms with Gasteiger partial charge in [0.1, 0.15) is 0 Å². The molecule has 2 heteroatoms. The van der Waals surface area contributed by atoms with E-state index in [1.165, 1.54) is 6.42 Å². The molecule has 3 atom stereocenters. The quantitative estimate of drug-likeness (QED) is 0.708. The minimum atomic E-state index is -0.580. The van der Waals surface area contributed by atoms with E-state index in [0.29, 0.717) is 5.92 Å². The molecule has 1 rings (SSSR count). The molecule has 0 saturated heterocycles. The van der Waals surface area contributed by atoms with Crippen molar-refractivity contribution in [2.75, 3.05) is 0 Å². The first kappa shape index (κ1) is 11.0. The fourth-order valence-corrected chi connectivity index (χ4v) is 2.14. The van der Waals surface area contributed by atoms with Gasteiger partial charge in [-0.05, 0) is 38.5 Å². The van der Waals surface area contributed by atoms with E-state index in [0.717, 1.165) is 32.1 Å². The number of hydrogen-bond donors (Lipinski definition) is 2. The highest BCUT2D eigenvalue weighted by molar-refractivity contribution is 4.82. The first-order valence-corrected chi connectivity index (χ1v) is 5.45. The van der Waals surface area contributed by atoms with Crippen molar-refractivity contribution < 1.29 is 10.2 Å². The predicted octanol–water partition coefficient (Wildman–Crippen LogP) is 2.09. The van der Waals surface area contributed by atoms with Crippen molar-refractivity contribution in [3.05, 3.63) is 0 Å². The Bertz CT molecular complexity index is 154. The molecule has 0 bridgehead atoms. The summed E-state index contributed by atoms with van der Waals surface area (Å²) in [5, 5.41) is 19.6. The van der Waals surface area contributed by atoms with Crippen LogP contribution in [-0.2, 0) is 0 Å². The van der Waals surface area contributed by atoms with Gasteiger partial charge in [-0.3, -0.25) is 0 Å². The molecule has 0 radical (unpaired) electrons. The van der Waals surface area contributed by atoms with Crippen LogP contribution in [0.5, 0.6) is 0 Å². The number of hydrogen-bond acceptors (Lipinski definition) is 2. The summed E-state index contributed by atoms with van der Waals surface area (Å²) in [7, 11) is 0. The fourth-order valence-electron chi connectivity index (χ4n) is 2.14. The molecule has 78 valence electrons. The lowest BCUT2D eigenvalue weighted by atomic mass is 9.79. The van der Waals surface area contributed by atoms with Crippen LogP contribution in [0, 0.1) is 5.92 Å². The van der Waals surface area contributed by atoms with Crippen LogP contribution < -0.4 is 0 Å². The molecule has 2 N–H and O–H groups in total. The molecule has 2 nitrogen and oxygen atoms in total. The van der Waals surface area contributed by atoms with Crippen LogP contribution in [0.25, 0.3) is 0 Å². The Kier molecular flexibility index (Phi) is 3.74. The van der Waals surface area contributed by atoms with Crippen LogP contribution in [0.15, 0.2) is 0 Å². The third-order valence-electron chi connectivity index (χ3n) is 3.33. The van der Waals surface area contributed by atoms with Crippen LogP contribution in [0.1, 0.15) is 52.4 Å². The molecular formula is C11H22O2. The standard InChI is InChI=1S/C11H22O2/c1-3-11(2,13)8-9-6-4-5-7-10(9)12/h9-10,12-13H,3-8H2,1-2H3. The molecular weight excluding hydrogens is 164 g/mol. The van der Waals surface area contributed by atoms with Gasteiger partial charge in [0.05, 0.1) is 11.7 Å². The van der Waals surface area contributed by atoms with E-state index in [2.05, 4.69) is 0 Å². The van der Waals surface area contributed by atoms with Crippen LogP contribution >= 0.6 is 0 Å². The summed E-state index contributed by atoms with van der Waals surface area (Å²) in [6.07, 6.45) is 5.71. The molecule has 0 heterocycles. The largest absolute Gasteiger partial charge is 0.393 e. The van der Waals surface area contributed by atoms with Crippen molar-refractivity contribution in [2.45, 2.75) is 64.1 Å². The first-order valence-electron chi connectivity index (χ1n) is 5.45. The van der Waals surface area contributed by atoms with E-state index in [1.807, 2.05) is 13.8 Å². The average Bonchev–Trinajstić information content (AvgIpc) is 2.09. The monoisotopic (exact) mass is 186 g/mol. The topological polar surface area (TPSA) is 40.5 Å². The lowest BCUT2D eigenvalue weighted by molar-refractivity contribution is -0.0158. The second kappa shape index (κ2) is 4.43. The number of aliphatic hydroxyl groups excluding tert-OH is 1. The summed E-state index contributed by atoms with van der Waals surface area (Å²) in [4.78, 5) is 0. The number of aliphatic hydroxyl groups is 2. The highest BCUT2D eigenvalue weighted by Gasteiger charge is 2.29. The maximum Gasteiger partial charge on any atom is 0.0620 e. The first-order chi connectivity index (χ1) is 6.05. The molecule has 0 aromatic rings. The molecule has 0 aromatic heterocycles. The van der Waals surface area contributed by atoms with E-state index in [1.54, 1.807) is 0 Å². The van der Waals surface area contributed by atoms with Crippen molar-refractivity contribution in [1.29, 1.82) is 0 Å². The summed E-state index contributed by atoms with van der Waals surface area (Å²) < 4.78 is 0. The van der Waals surface area contributed by atoms with Gasteiger partial charge in [0.2, 0.25) is 0 Å². The van der Waals surface area contributed by atoms with E-state index < -0.39 is 5.60 Å². The van der Waals surface area contributed by atoms with E-state index >= 15 is 0 Å². The molecule has 1 aliphatic carbocycles. The van der Waals surface area contributed by atoms with Gasteiger partial charge in [0.25, 0.3) is 0 Å². The molecule has 0 aromatic carbocycles. The zero-order valence-corrected chi connectivity index (χ0v) is 8.79. The van der Waals surface area contributed by atoms with Crippen LogP contribution in [-0.4, -0.2) is 21.9 Å². The van der Waals surface area contributed by atoms with Gasteiger partial charge >= 0.3 is 0 Å². The van der Waals surface area contributed by atoms with Crippen molar-refractivity contribution in [2.24, 2.45) is 5.92 Å². The van der Waals surface area contributed by atoms with Gasteiger partial charge in [-0.25, -0.2) is 0 Å². The van der Waals surface area contributed by atoms with Crippen LogP contribution in [0.2, 0.25) is 0 Å². The van der Waals surface area contributed by atoms with E-state index in [4.69, 9.17) is 0 Å². The van der Waals surface area contributed by atoms with E-state index in [-0.39, 0.29) is 6.10 Å². The Balaban J connectivity index is 2.42. The zero-order chi connectivity index (χ0) is 9.90. The smallest absolute Gasteiger partial charge is 0.0620 e. The maximum absolute atomic E-state index is 9.88. The molecule has 0 spiro atoms. The molecule has 3 unspecified atom stereocenters. The normalized spacial score (nSPS) is 34.2. The summed E-state index contributed by atoms with van der Waals surface area (Å²) in [5.74, 6) is 0.323. The van der Waals surface area contributed by atoms with Gasteiger partial charge < -0.3 is 10.2 Å². The lowest BCUT2D eigenvalue weighted by Gasteiger charge is -2.33. The SMILES string of the molecule is CCC(C)(O)CC1CCCCC1O. The van der Waals surface area contributed by atoms with Crippen molar-refractivity contribution in [1.82, 2.24) is 0 Å². The Hall–Kier alpha value is -0.0800. The average molecular weight is 186 g/mol. The Morgan fingerprint density at radius 3 is 2.46 bits per heavy atom. The summed E-state index contributed by atoms with van der Waals surface area (Å²) in [5.41, 5.74) is -0.580. The third kappa shape index (κ3) is 3.28. The second-order valence-electron chi connectivity index (χ2n) is 4.67. The second-order valence-corrected chi connectivity index (χ2v) is 4.67. The van der Waals surface area contributed by atoms with E-state index in [9.17, 15) is 10.2 Å². The minimum absolute atomic E-state index is 0.174. The van der Waals surface area contributed by atoms with Gasteiger partial charge in [-0.1, -0.05) is 19.8 Å². The highest BCUT2D eigenvalue weighted by atomic mass is 16.3. The summed E-state index contributed by atoms with van der Waals surface area (Å²) >= 11 is 0. The van der Waals surface area contributed by atoms with Gasteiger partial charge in [0.15, 0.2) is 0 Å². The zero-order valence-electron chi connectivity index (χ0n) is 8.79. The molecule has 0 amide bonds. The summed E-state index contributed by atoms with van der Waals surface area (Å²) in [6.45, 7) is 3.86. The van der Waals surface area contributed by atoms with Crippen LogP contribution in [0.4, 0.5) is 0 Å². The number of rotatable bonds is 3. The highest BCUT2D eigenvalue weighted by Crippen LogP contribution is 2.31. The van der Waals surface area contributed by atoms with Crippen LogP contribution in [0.3, 0.4) is 0 Å². The Morgan fingerprint density at radius 1 is 1.31 bits per heavy atom. The van der Waals surface area contributed by atoms with Gasteiger partial charge in [-0.15, -0.1) is 0 Å². The van der Waals surface area contributed by atoms with Gasteiger partial charge in [-0.2, -0.15) is 0 Å². The third-order valence-corrected chi connectivity index (χ3v) is 3.33. The minimum Gasteiger partial charge on any atom is -0.393 e. The molecule has 0 aliphatic heterocycles. The maximum atomic E-state index is 9.88.